The Labute approximate surface area is 159 Å². The number of amides is 2. The second kappa shape index (κ2) is 7.26. The number of aromatic nitrogens is 2. The molecule has 0 aliphatic heterocycles. The van der Waals surface area contributed by atoms with E-state index in [1.165, 1.54) is 28.0 Å². The van der Waals surface area contributed by atoms with Gasteiger partial charge in [-0.15, -0.1) is 11.3 Å². The second-order valence-corrected chi connectivity index (χ2v) is 7.71. The number of halogens is 1. The molecule has 10 heteroatoms. The van der Waals surface area contributed by atoms with Gasteiger partial charge >= 0.3 is 11.1 Å². The van der Waals surface area contributed by atoms with Gasteiger partial charge in [-0.1, -0.05) is 0 Å². The van der Waals surface area contributed by atoms with Gasteiger partial charge in [-0.2, -0.15) is 0 Å². The first-order valence-corrected chi connectivity index (χ1v) is 9.14. The molecule has 0 spiro atoms. The minimum atomic E-state index is -0.756. The summed E-state index contributed by atoms with van der Waals surface area (Å²) < 4.78 is 2.13. The average molecular weight is 437 g/mol. The highest BCUT2D eigenvalue weighted by molar-refractivity contribution is 9.11. The van der Waals surface area contributed by atoms with Gasteiger partial charge < -0.3 is 9.55 Å². The van der Waals surface area contributed by atoms with Crippen molar-refractivity contribution in [2.24, 2.45) is 0 Å². The maximum absolute atomic E-state index is 12.2. The maximum atomic E-state index is 12.2. The Hall–Kier alpha value is -2.72. The summed E-state index contributed by atoms with van der Waals surface area (Å²) in [6.45, 7) is 2.08. The van der Waals surface area contributed by atoms with E-state index in [-0.39, 0.29) is 5.56 Å². The van der Waals surface area contributed by atoms with Crippen LogP contribution in [0.25, 0.3) is 11.0 Å². The molecule has 0 fully saturated rings. The van der Waals surface area contributed by atoms with Gasteiger partial charge in [0.1, 0.15) is 0 Å². The van der Waals surface area contributed by atoms with E-state index < -0.39 is 22.9 Å². The SMILES string of the molecule is CCn1c(=O)c(=O)[nH]c2cc(C(=O)NNC(=O)c3ccc(Br)s3)ccc21. The number of rotatable bonds is 3. The zero-order valence-corrected chi connectivity index (χ0v) is 15.9. The number of hydrazine groups is 1. The van der Waals surface area contributed by atoms with Crippen molar-refractivity contribution in [2.75, 3.05) is 0 Å². The number of benzene rings is 1. The van der Waals surface area contributed by atoms with E-state index in [1.54, 1.807) is 25.1 Å². The quantitative estimate of drug-likeness (QED) is 0.427. The third kappa shape index (κ3) is 3.46. The number of carbonyl (C=O) groups is 2. The molecular formula is C16H13BrN4O4S. The molecule has 0 aliphatic carbocycles. The molecular weight excluding hydrogens is 424 g/mol. The summed E-state index contributed by atoms with van der Waals surface area (Å²) >= 11 is 4.49. The molecule has 2 aromatic heterocycles. The van der Waals surface area contributed by atoms with Crippen LogP contribution in [0, 0.1) is 0 Å². The van der Waals surface area contributed by atoms with Crippen molar-refractivity contribution in [2.45, 2.75) is 13.5 Å². The van der Waals surface area contributed by atoms with Crippen LogP contribution < -0.4 is 22.0 Å². The Kier molecular flexibility index (Phi) is 5.05. The Bertz CT molecular complexity index is 1130. The van der Waals surface area contributed by atoms with Crippen LogP contribution in [0.15, 0.2) is 43.7 Å². The van der Waals surface area contributed by atoms with Crippen molar-refractivity contribution < 1.29 is 9.59 Å². The first kappa shape index (κ1) is 18.1. The zero-order chi connectivity index (χ0) is 18.8. The van der Waals surface area contributed by atoms with E-state index in [2.05, 4.69) is 31.8 Å². The van der Waals surface area contributed by atoms with Crippen molar-refractivity contribution in [1.82, 2.24) is 20.4 Å². The summed E-state index contributed by atoms with van der Waals surface area (Å²) in [5.74, 6) is -0.992. The first-order chi connectivity index (χ1) is 12.4. The first-order valence-electron chi connectivity index (χ1n) is 7.53. The Morgan fingerprint density at radius 2 is 1.88 bits per heavy atom. The molecule has 1 aromatic carbocycles. The summed E-state index contributed by atoms with van der Waals surface area (Å²) in [6, 6.07) is 7.89. The van der Waals surface area contributed by atoms with E-state index in [9.17, 15) is 19.2 Å². The van der Waals surface area contributed by atoms with E-state index in [0.717, 1.165) is 3.79 Å². The molecule has 0 radical (unpaired) electrons. The monoisotopic (exact) mass is 436 g/mol. The van der Waals surface area contributed by atoms with Crippen LogP contribution in [0.2, 0.25) is 0 Å². The number of aromatic amines is 1. The van der Waals surface area contributed by atoms with Crippen LogP contribution in [0.3, 0.4) is 0 Å². The molecule has 8 nitrogen and oxygen atoms in total. The predicted octanol–water partition coefficient (Wildman–Crippen LogP) is 1.61. The lowest BCUT2D eigenvalue weighted by atomic mass is 10.2. The number of hydrogen-bond acceptors (Lipinski definition) is 5. The lowest BCUT2D eigenvalue weighted by molar-refractivity contribution is 0.0849. The molecule has 0 unspecified atom stereocenters. The molecule has 0 saturated heterocycles. The molecule has 0 atom stereocenters. The normalized spacial score (nSPS) is 10.7. The molecule has 0 aliphatic rings. The summed E-state index contributed by atoms with van der Waals surface area (Å²) in [7, 11) is 0. The zero-order valence-electron chi connectivity index (χ0n) is 13.5. The number of nitrogens with zero attached hydrogens (tertiary/aromatic N) is 1. The van der Waals surface area contributed by atoms with Gasteiger partial charge in [-0.25, -0.2) is 0 Å². The van der Waals surface area contributed by atoms with E-state index in [0.29, 0.717) is 22.5 Å². The van der Waals surface area contributed by atoms with Crippen molar-refractivity contribution in [1.29, 1.82) is 0 Å². The van der Waals surface area contributed by atoms with E-state index in [1.807, 2.05) is 0 Å². The minimum Gasteiger partial charge on any atom is -0.316 e. The molecule has 0 bridgehead atoms. The molecule has 3 rings (SSSR count). The van der Waals surface area contributed by atoms with Gasteiger partial charge in [0.05, 0.1) is 19.7 Å². The standard InChI is InChI=1S/C16H13BrN4O4S/c1-2-21-10-4-3-8(7-9(10)18-15(24)16(21)25)13(22)19-20-14(23)11-5-6-12(17)26-11/h3-7H,2H2,1H3,(H,18,24)(H,19,22)(H,20,23). The Morgan fingerprint density at radius 3 is 2.54 bits per heavy atom. The summed E-state index contributed by atoms with van der Waals surface area (Å²) in [6.07, 6.45) is 0. The van der Waals surface area contributed by atoms with E-state index in [4.69, 9.17) is 0 Å². The van der Waals surface area contributed by atoms with Gasteiger partial charge in [0, 0.05) is 12.1 Å². The molecule has 3 N–H and O–H groups in total. The summed E-state index contributed by atoms with van der Waals surface area (Å²) in [5.41, 5.74) is 4.34. The average Bonchev–Trinajstić information content (AvgIpc) is 3.06. The van der Waals surface area contributed by atoms with Crippen LogP contribution in [0.1, 0.15) is 27.0 Å². The highest BCUT2D eigenvalue weighted by atomic mass is 79.9. The number of thiophene rings is 1. The van der Waals surface area contributed by atoms with E-state index >= 15 is 0 Å². The molecule has 26 heavy (non-hydrogen) atoms. The number of hydrogen-bond donors (Lipinski definition) is 3. The molecule has 134 valence electrons. The van der Waals surface area contributed by atoms with Gasteiger partial charge in [-0.05, 0) is 53.2 Å². The van der Waals surface area contributed by atoms with Crippen molar-refractivity contribution in [3.8, 4) is 0 Å². The van der Waals surface area contributed by atoms with Gasteiger partial charge in [-0.3, -0.25) is 30.0 Å². The minimum absolute atomic E-state index is 0.224. The Balaban J connectivity index is 1.82. The topological polar surface area (TPSA) is 113 Å². The number of aryl methyl sites for hydroxylation is 1. The Morgan fingerprint density at radius 1 is 1.15 bits per heavy atom. The second-order valence-electron chi connectivity index (χ2n) is 5.25. The number of fused-ring (bicyclic) bond motifs is 1. The van der Waals surface area contributed by atoms with Gasteiger partial charge in [0.15, 0.2) is 0 Å². The fourth-order valence-corrected chi connectivity index (χ4v) is 3.70. The number of nitrogens with one attached hydrogen (secondary N) is 3. The fraction of sp³-hybridized carbons (Fsp3) is 0.125. The maximum Gasteiger partial charge on any atom is 0.316 e. The van der Waals surface area contributed by atoms with Crippen LogP contribution in [0.5, 0.6) is 0 Å². The molecule has 2 amide bonds. The van der Waals surface area contributed by atoms with Crippen LogP contribution in [-0.2, 0) is 6.54 Å². The number of H-pyrrole nitrogens is 1. The van der Waals surface area contributed by atoms with Crippen LogP contribution in [0.4, 0.5) is 0 Å². The predicted molar refractivity (Wildman–Crippen MR) is 101 cm³/mol. The third-order valence-corrected chi connectivity index (χ3v) is 5.26. The lowest BCUT2D eigenvalue weighted by Gasteiger charge is -2.09. The smallest absolute Gasteiger partial charge is 0.316 e. The largest absolute Gasteiger partial charge is 0.316 e. The van der Waals surface area contributed by atoms with Gasteiger partial charge in [0.2, 0.25) is 0 Å². The van der Waals surface area contributed by atoms with Crippen LogP contribution in [-0.4, -0.2) is 21.4 Å². The number of carbonyl (C=O) groups excluding carboxylic acids is 2. The van der Waals surface area contributed by atoms with Crippen molar-refractivity contribution >= 4 is 50.1 Å². The van der Waals surface area contributed by atoms with Crippen LogP contribution >= 0.6 is 27.3 Å². The summed E-state index contributed by atoms with van der Waals surface area (Å²) in [5, 5.41) is 0. The van der Waals surface area contributed by atoms with Crippen molar-refractivity contribution in [3.63, 3.8) is 0 Å². The van der Waals surface area contributed by atoms with Gasteiger partial charge in [0.25, 0.3) is 11.8 Å². The van der Waals surface area contributed by atoms with Crippen molar-refractivity contribution in [3.05, 3.63) is 65.3 Å². The molecule has 0 saturated carbocycles. The molecule has 2 heterocycles. The lowest BCUT2D eigenvalue weighted by Crippen LogP contribution is -2.41. The highest BCUT2D eigenvalue weighted by Gasteiger charge is 2.13. The third-order valence-electron chi connectivity index (χ3n) is 3.64. The molecule has 3 aromatic rings. The summed E-state index contributed by atoms with van der Waals surface area (Å²) in [4.78, 5) is 50.6. The fourth-order valence-electron chi connectivity index (χ4n) is 2.42. The highest BCUT2D eigenvalue weighted by Crippen LogP contribution is 2.21.